The Hall–Kier alpha value is -1.28. The zero-order valence-electron chi connectivity index (χ0n) is 10.7. The van der Waals surface area contributed by atoms with Crippen molar-refractivity contribution in [1.82, 2.24) is 0 Å². The van der Waals surface area contributed by atoms with E-state index in [1.165, 1.54) is 11.1 Å². The number of halogens is 1. The number of hydrogen-bond acceptors (Lipinski definition) is 1. The van der Waals surface area contributed by atoms with Gasteiger partial charge in [0.2, 0.25) is 0 Å². The molecular weight excluding hydrogens is 288 g/mol. The van der Waals surface area contributed by atoms with Crippen molar-refractivity contribution >= 4 is 15.9 Å². The maximum atomic E-state index is 5.85. The molecule has 0 spiro atoms. The maximum absolute atomic E-state index is 5.85. The van der Waals surface area contributed by atoms with Gasteiger partial charge in [-0.1, -0.05) is 64.5 Å². The maximum Gasteiger partial charge on any atom is 0.131 e. The van der Waals surface area contributed by atoms with Gasteiger partial charge in [0.1, 0.15) is 5.75 Å². The molecule has 0 aliphatic heterocycles. The van der Waals surface area contributed by atoms with E-state index in [4.69, 9.17) is 4.74 Å². The molecule has 0 bridgehead atoms. The lowest BCUT2D eigenvalue weighted by molar-refractivity contribution is 0.338. The van der Waals surface area contributed by atoms with Crippen LogP contribution >= 0.6 is 15.9 Å². The van der Waals surface area contributed by atoms with Gasteiger partial charge in [0.05, 0.1) is 6.61 Å². The van der Waals surface area contributed by atoms with Crippen molar-refractivity contribution < 1.29 is 4.74 Å². The van der Waals surface area contributed by atoms with Crippen LogP contribution in [0.3, 0.4) is 0 Å². The van der Waals surface area contributed by atoms with E-state index < -0.39 is 0 Å². The molecule has 0 saturated carbocycles. The van der Waals surface area contributed by atoms with Crippen molar-refractivity contribution in [3.05, 3.63) is 54.1 Å². The lowest BCUT2D eigenvalue weighted by Gasteiger charge is -2.16. The Balaban J connectivity index is 2.56. The Morgan fingerprint density at radius 1 is 1.06 bits per heavy atom. The Bertz CT molecular complexity index is 506. The minimum Gasteiger partial charge on any atom is -0.493 e. The zero-order chi connectivity index (χ0) is 13.0. The van der Waals surface area contributed by atoms with E-state index in [1.807, 2.05) is 13.0 Å². The van der Waals surface area contributed by atoms with Crippen molar-refractivity contribution in [2.24, 2.45) is 0 Å². The van der Waals surface area contributed by atoms with Crippen LogP contribution in [-0.2, 0) is 0 Å². The van der Waals surface area contributed by atoms with Gasteiger partial charge < -0.3 is 4.74 Å². The van der Waals surface area contributed by atoms with E-state index in [1.54, 1.807) is 0 Å². The monoisotopic (exact) mass is 304 g/mol. The summed E-state index contributed by atoms with van der Waals surface area (Å²) in [6, 6.07) is 16.7. The highest BCUT2D eigenvalue weighted by Crippen LogP contribution is 2.38. The lowest BCUT2D eigenvalue weighted by atomic mass is 10.0. The minimum atomic E-state index is 0.280. The predicted octanol–water partition coefficient (Wildman–Crippen LogP) is 5.21. The van der Waals surface area contributed by atoms with Crippen LogP contribution < -0.4 is 4.74 Å². The predicted molar refractivity (Wildman–Crippen MR) is 80.4 cm³/mol. The van der Waals surface area contributed by atoms with Crippen LogP contribution in [0.15, 0.2) is 48.5 Å². The first kappa shape index (κ1) is 13.2. The second kappa shape index (κ2) is 6.05. The summed E-state index contributed by atoms with van der Waals surface area (Å²) in [5.41, 5.74) is 3.54. The van der Waals surface area contributed by atoms with E-state index in [-0.39, 0.29) is 4.83 Å². The van der Waals surface area contributed by atoms with E-state index in [9.17, 15) is 0 Å². The highest BCUT2D eigenvalue weighted by molar-refractivity contribution is 9.09. The van der Waals surface area contributed by atoms with Crippen LogP contribution in [-0.4, -0.2) is 6.61 Å². The van der Waals surface area contributed by atoms with Gasteiger partial charge in [0.25, 0.3) is 0 Å². The van der Waals surface area contributed by atoms with Gasteiger partial charge in [-0.25, -0.2) is 0 Å². The number of rotatable bonds is 4. The van der Waals surface area contributed by atoms with Gasteiger partial charge in [-0.05, 0) is 19.4 Å². The van der Waals surface area contributed by atoms with Crippen LogP contribution in [0.5, 0.6) is 5.75 Å². The summed E-state index contributed by atoms with van der Waals surface area (Å²) in [7, 11) is 0. The molecule has 0 amide bonds. The quantitative estimate of drug-likeness (QED) is 0.705. The topological polar surface area (TPSA) is 9.23 Å². The molecular formula is C16H17BrO. The van der Waals surface area contributed by atoms with Gasteiger partial charge in [-0.3, -0.25) is 0 Å². The smallest absolute Gasteiger partial charge is 0.131 e. The van der Waals surface area contributed by atoms with Crippen molar-refractivity contribution in [2.45, 2.75) is 18.7 Å². The van der Waals surface area contributed by atoms with Crippen molar-refractivity contribution in [3.63, 3.8) is 0 Å². The van der Waals surface area contributed by atoms with Crippen LogP contribution in [0.2, 0.25) is 0 Å². The minimum absolute atomic E-state index is 0.280. The third-order valence-corrected chi connectivity index (χ3v) is 3.34. The number of para-hydroxylation sites is 1. The Kier molecular flexibility index (Phi) is 4.43. The standard InChI is InChI=1S/C16H17BrO/c1-3-18-16-14(12(2)17)10-7-11-15(16)13-8-5-4-6-9-13/h4-12H,3H2,1-2H3. The van der Waals surface area contributed by atoms with Gasteiger partial charge >= 0.3 is 0 Å². The van der Waals surface area contributed by atoms with Gasteiger partial charge in [-0.15, -0.1) is 0 Å². The van der Waals surface area contributed by atoms with Gasteiger partial charge in [0.15, 0.2) is 0 Å². The van der Waals surface area contributed by atoms with Crippen molar-refractivity contribution in [1.29, 1.82) is 0 Å². The van der Waals surface area contributed by atoms with Crippen molar-refractivity contribution in [3.8, 4) is 16.9 Å². The summed E-state index contributed by atoms with van der Waals surface area (Å²) in [4.78, 5) is 0.280. The Morgan fingerprint density at radius 3 is 2.39 bits per heavy atom. The molecule has 2 rings (SSSR count). The second-order valence-electron chi connectivity index (χ2n) is 4.14. The molecule has 1 nitrogen and oxygen atoms in total. The summed E-state index contributed by atoms with van der Waals surface area (Å²) in [6.45, 7) is 4.81. The van der Waals surface area contributed by atoms with E-state index in [2.05, 4.69) is 65.3 Å². The molecule has 2 heteroatoms. The number of ether oxygens (including phenoxy) is 1. The van der Waals surface area contributed by atoms with E-state index in [0.29, 0.717) is 6.61 Å². The SMILES string of the molecule is CCOc1c(-c2ccccc2)cccc1C(C)Br. The summed E-state index contributed by atoms with van der Waals surface area (Å²) in [6.07, 6.45) is 0. The fourth-order valence-corrected chi connectivity index (χ4v) is 2.38. The van der Waals surface area contributed by atoms with Crippen molar-refractivity contribution in [2.75, 3.05) is 6.61 Å². The second-order valence-corrected chi connectivity index (χ2v) is 5.51. The first-order chi connectivity index (χ1) is 8.74. The largest absolute Gasteiger partial charge is 0.493 e. The summed E-state index contributed by atoms with van der Waals surface area (Å²) in [5, 5.41) is 0. The fraction of sp³-hybridized carbons (Fsp3) is 0.250. The molecule has 0 aromatic heterocycles. The molecule has 94 valence electrons. The van der Waals surface area contributed by atoms with Crippen LogP contribution in [0.4, 0.5) is 0 Å². The fourth-order valence-electron chi connectivity index (χ4n) is 2.02. The molecule has 0 fully saturated rings. The molecule has 2 aromatic rings. The van der Waals surface area contributed by atoms with Gasteiger partial charge in [0, 0.05) is 16.0 Å². The molecule has 0 aliphatic rings. The van der Waals surface area contributed by atoms with Crippen LogP contribution in [0, 0.1) is 0 Å². The molecule has 0 N–H and O–H groups in total. The first-order valence-electron chi connectivity index (χ1n) is 6.19. The lowest BCUT2D eigenvalue weighted by Crippen LogP contribution is -1.99. The third kappa shape index (κ3) is 2.75. The molecule has 1 atom stereocenters. The summed E-state index contributed by atoms with van der Waals surface area (Å²) < 4.78 is 5.85. The summed E-state index contributed by atoms with van der Waals surface area (Å²) in [5.74, 6) is 0.982. The molecule has 0 radical (unpaired) electrons. The average molecular weight is 305 g/mol. The number of hydrogen-bond donors (Lipinski definition) is 0. The highest BCUT2D eigenvalue weighted by atomic mass is 79.9. The Morgan fingerprint density at radius 2 is 1.78 bits per heavy atom. The molecule has 0 saturated heterocycles. The molecule has 2 aromatic carbocycles. The highest BCUT2D eigenvalue weighted by Gasteiger charge is 2.14. The molecule has 0 aliphatic carbocycles. The first-order valence-corrected chi connectivity index (χ1v) is 7.10. The van der Waals surface area contributed by atoms with E-state index >= 15 is 0 Å². The van der Waals surface area contributed by atoms with Gasteiger partial charge in [-0.2, -0.15) is 0 Å². The molecule has 0 heterocycles. The van der Waals surface area contributed by atoms with E-state index in [0.717, 1.165) is 11.3 Å². The summed E-state index contributed by atoms with van der Waals surface area (Å²) >= 11 is 3.63. The van der Waals surface area contributed by atoms with Crippen LogP contribution in [0.25, 0.3) is 11.1 Å². The average Bonchev–Trinajstić information content (AvgIpc) is 2.40. The normalized spacial score (nSPS) is 12.2. The van der Waals surface area contributed by atoms with Crippen LogP contribution in [0.1, 0.15) is 24.2 Å². The number of alkyl halides is 1. The Labute approximate surface area is 117 Å². The molecule has 1 unspecified atom stereocenters. The molecule has 18 heavy (non-hydrogen) atoms. The third-order valence-electron chi connectivity index (χ3n) is 2.85. The number of benzene rings is 2. The zero-order valence-corrected chi connectivity index (χ0v) is 12.3.